The van der Waals surface area contributed by atoms with E-state index in [2.05, 4.69) is 4.74 Å². The summed E-state index contributed by atoms with van der Waals surface area (Å²) < 4.78 is 41.7. The summed E-state index contributed by atoms with van der Waals surface area (Å²) in [6.07, 6.45) is -4.62. The Kier molecular flexibility index (Phi) is 4.82. The molecule has 0 spiro atoms. The fraction of sp³-hybridized carbons (Fsp3) is 0.273. The van der Waals surface area contributed by atoms with E-state index in [-0.39, 0.29) is 10.6 Å². The van der Waals surface area contributed by atoms with Gasteiger partial charge in [0.25, 0.3) is 0 Å². The molecular formula is C11H9F3O4S. The standard InChI is InChI=1S/C11H9F3O4S/c1-18-9(15)5-19-8-3-2-6(11(12,13)14)4-7(8)10(16)17/h2-4H,5H2,1H3,(H,16,17). The lowest BCUT2D eigenvalue weighted by molar-refractivity contribution is -0.138. The first-order valence-corrected chi connectivity index (χ1v) is 5.88. The molecule has 19 heavy (non-hydrogen) atoms. The van der Waals surface area contributed by atoms with Gasteiger partial charge < -0.3 is 9.84 Å². The number of alkyl halides is 3. The molecule has 4 nitrogen and oxygen atoms in total. The number of esters is 1. The highest BCUT2D eigenvalue weighted by Gasteiger charge is 2.31. The van der Waals surface area contributed by atoms with Crippen LogP contribution < -0.4 is 0 Å². The minimum atomic E-state index is -4.62. The van der Waals surface area contributed by atoms with Gasteiger partial charge in [-0.3, -0.25) is 4.79 Å². The Balaban J connectivity index is 3.05. The van der Waals surface area contributed by atoms with Crippen molar-refractivity contribution in [2.45, 2.75) is 11.1 Å². The van der Waals surface area contributed by atoms with Gasteiger partial charge in [0.05, 0.1) is 24.0 Å². The van der Waals surface area contributed by atoms with E-state index in [0.29, 0.717) is 6.07 Å². The Morgan fingerprint density at radius 3 is 2.47 bits per heavy atom. The molecule has 0 atom stereocenters. The van der Waals surface area contributed by atoms with Gasteiger partial charge in [0, 0.05) is 4.90 Å². The van der Waals surface area contributed by atoms with Crippen molar-refractivity contribution in [3.05, 3.63) is 29.3 Å². The molecule has 0 fully saturated rings. The van der Waals surface area contributed by atoms with Crippen molar-refractivity contribution in [3.8, 4) is 0 Å². The molecule has 0 saturated heterocycles. The Hall–Kier alpha value is -1.70. The van der Waals surface area contributed by atoms with Crippen LogP contribution in [0.3, 0.4) is 0 Å². The van der Waals surface area contributed by atoms with Gasteiger partial charge in [-0.25, -0.2) is 4.79 Å². The van der Waals surface area contributed by atoms with E-state index in [1.54, 1.807) is 0 Å². The van der Waals surface area contributed by atoms with Crippen LogP contribution in [0.25, 0.3) is 0 Å². The summed E-state index contributed by atoms with van der Waals surface area (Å²) >= 11 is 0.805. The van der Waals surface area contributed by atoms with Crippen molar-refractivity contribution in [3.63, 3.8) is 0 Å². The zero-order chi connectivity index (χ0) is 14.6. The first-order valence-electron chi connectivity index (χ1n) is 4.90. The maximum atomic E-state index is 12.5. The lowest BCUT2D eigenvalue weighted by Gasteiger charge is -2.10. The maximum Gasteiger partial charge on any atom is 0.416 e. The third-order valence-corrected chi connectivity index (χ3v) is 3.16. The first-order chi connectivity index (χ1) is 8.75. The molecule has 0 heterocycles. The molecule has 0 unspecified atom stereocenters. The normalized spacial score (nSPS) is 11.2. The molecule has 0 aliphatic carbocycles. The monoisotopic (exact) mass is 294 g/mol. The maximum absolute atomic E-state index is 12.5. The third-order valence-electron chi connectivity index (χ3n) is 2.11. The molecule has 104 valence electrons. The lowest BCUT2D eigenvalue weighted by atomic mass is 10.1. The van der Waals surface area contributed by atoms with Crippen LogP contribution in [0.2, 0.25) is 0 Å². The highest BCUT2D eigenvalue weighted by molar-refractivity contribution is 8.00. The molecule has 0 bridgehead atoms. The molecule has 0 aromatic heterocycles. The predicted molar refractivity (Wildman–Crippen MR) is 61.1 cm³/mol. The molecule has 0 radical (unpaired) electrons. The zero-order valence-corrected chi connectivity index (χ0v) is 10.5. The molecule has 0 saturated carbocycles. The number of carboxylic acid groups (broad SMARTS) is 1. The SMILES string of the molecule is COC(=O)CSc1ccc(C(F)(F)F)cc1C(=O)O. The quantitative estimate of drug-likeness (QED) is 0.683. The van der Waals surface area contributed by atoms with Gasteiger partial charge in [-0.15, -0.1) is 11.8 Å². The number of ether oxygens (including phenoxy) is 1. The van der Waals surface area contributed by atoms with Gasteiger partial charge in [-0.05, 0) is 18.2 Å². The average molecular weight is 294 g/mol. The molecule has 0 amide bonds. The second kappa shape index (κ2) is 5.96. The van der Waals surface area contributed by atoms with E-state index in [0.717, 1.165) is 31.0 Å². The van der Waals surface area contributed by atoms with E-state index in [9.17, 15) is 22.8 Å². The van der Waals surface area contributed by atoms with Gasteiger partial charge in [0.15, 0.2) is 0 Å². The Bertz CT molecular complexity index is 499. The van der Waals surface area contributed by atoms with Crippen molar-refractivity contribution in [1.82, 2.24) is 0 Å². The second-order valence-electron chi connectivity index (χ2n) is 3.38. The molecule has 1 aromatic rings. The molecule has 0 aliphatic heterocycles. The number of carbonyl (C=O) groups is 2. The lowest BCUT2D eigenvalue weighted by Crippen LogP contribution is -2.09. The number of aromatic carboxylic acids is 1. The summed E-state index contributed by atoms with van der Waals surface area (Å²) in [6.45, 7) is 0. The van der Waals surface area contributed by atoms with Gasteiger partial charge >= 0.3 is 18.1 Å². The van der Waals surface area contributed by atoms with Crippen molar-refractivity contribution in [2.75, 3.05) is 12.9 Å². The number of benzene rings is 1. The van der Waals surface area contributed by atoms with Crippen LogP contribution in [0.1, 0.15) is 15.9 Å². The summed E-state index contributed by atoms with van der Waals surface area (Å²) in [4.78, 5) is 21.9. The van der Waals surface area contributed by atoms with Crippen LogP contribution in [0, 0.1) is 0 Å². The fourth-order valence-electron chi connectivity index (χ4n) is 1.19. The molecule has 8 heteroatoms. The van der Waals surface area contributed by atoms with E-state index in [4.69, 9.17) is 5.11 Å². The highest BCUT2D eigenvalue weighted by atomic mass is 32.2. The highest BCUT2D eigenvalue weighted by Crippen LogP contribution is 2.33. The predicted octanol–water partition coefficient (Wildman–Crippen LogP) is 2.67. The van der Waals surface area contributed by atoms with Crippen LogP contribution in [0.15, 0.2) is 23.1 Å². The first kappa shape index (κ1) is 15.4. The molecular weight excluding hydrogens is 285 g/mol. The van der Waals surface area contributed by atoms with Gasteiger partial charge in [0.1, 0.15) is 0 Å². The number of methoxy groups -OCH3 is 1. The summed E-state index contributed by atoms with van der Waals surface area (Å²) in [6, 6.07) is 2.34. The molecule has 1 aromatic carbocycles. The zero-order valence-electron chi connectivity index (χ0n) is 9.65. The minimum absolute atomic E-state index is 0.0749. The van der Waals surface area contributed by atoms with Crippen molar-refractivity contribution < 1.29 is 32.6 Å². The smallest absolute Gasteiger partial charge is 0.416 e. The summed E-state index contributed by atoms with van der Waals surface area (Å²) in [7, 11) is 1.16. The van der Waals surface area contributed by atoms with Crippen LogP contribution in [-0.2, 0) is 15.7 Å². The van der Waals surface area contributed by atoms with E-state index >= 15 is 0 Å². The van der Waals surface area contributed by atoms with Crippen LogP contribution in [0.4, 0.5) is 13.2 Å². The molecule has 1 rings (SSSR count). The van der Waals surface area contributed by atoms with Crippen molar-refractivity contribution in [2.24, 2.45) is 0 Å². The van der Waals surface area contributed by atoms with Crippen LogP contribution >= 0.6 is 11.8 Å². The Labute approximate surface area is 110 Å². The van der Waals surface area contributed by atoms with E-state index < -0.39 is 29.2 Å². The summed E-state index contributed by atoms with van der Waals surface area (Å²) in [5.74, 6) is -2.26. The van der Waals surface area contributed by atoms with E-state index in [1.807, 2.05) is 0 Å². The number of halogens is 3. The van der Waals surface area contributed by atoms with Gasteiger partial charge in [-0.1, -0.05) is 0 Å². The summed E-state index contributed by atoms with van der Waals surface area (Å²) in [5, 5.41) is 8.88. The van der Waals surface area contributed by atoms with Crippen LogP contribution in [-0.4, -0.2) is 29.9 Å². The second-order valence-corrected chi connectivity index (χ2v) is 4.40. The number of carboxylic acids is 1. The average Bonchev–Trinajstić information content (AvgIpc) is 2.34. The Morgan fingerprint density at radius 1 is 1.37 bits per heavy atom. The fourth-order valence-corrected chi connectivity index (χ4v) is 2.05. The third kappa shape index (κ3) is 4.16. The number of hydrogen-bond donors (Lipinski definition) is 1. The minimum Gasteiger partial charge on any atom is -0.478 e. The molecule has 0 aliphatic rings. The number of rotatable bonds is 4. The van der Waals surface area contributed by atoms with Crippen molar-refractivity contribution >= 4 is 23.7 Å². The van der Waals surface area contributed by atoms with Gasteiger partial charge in [-0.2, -0.15) is 13.2 Å². The number of thioether (sulfide) groups is 1. The summed E-state index contributed by atoms with van der Waals surface area (Å²) in [5.41, 5.74) is -1.55. The topological polar surface area (TPSA) is 63.6 Å². The Morgan fingerprint density at radius 2 is 2.00 bits per heavy atom. The van der Waals surface area contributed by atoms with Crippen LogP contribution in [0.5, 0.6) is 0 Å². The molecule has 1 N–H and O–H groups in total. The number of hydrogen-bond acceptors (Lipinski definition) is 4. The van der Waals surface area contributed by atoms with Gasteiger partial charge in [0.2, 0.25) is 0 Å². The number of carbonyl (C=O) groups excluding carboxylic acids is 1. The van der Waals surface area contributed by atoms with Crippen molar-refractivity contribution in [1.29, 1.82) is 0 Å². The van der Waals surface area contributed by atoms with E-state index in [1.165, 1.54) is 0 Å². The largest absolute Gasteiger partial charge is 0.478 e.